The molecule has 2 aromatic carbocycles. The molecular formula is C20H23NO4. The Morgan fingerprint density at radius 3 is 2.40 bits per heavy atom. The van der Waals surface area contributed by atoms with E-state index in [4.69, 9.17) is 14.2 Å². The van der Waals surface area contributed by atoms with Crippen molar-refractivity contribution in [3.05, 3.63) is 59.7 Å². The average molecular weight is 341 g/mol. The lowest BCUT2D eigenvalue weighted by atomic mass is 10.1. The van der Waals surface area contributed by atoms with Gasteiger partial charge in [0.1, 0.15) is 11.5 Å². The first-order chi connectivity index (χ1) is 12.2. The first kappa shape index (κ1) is 18.5. The molecule has 1 amide bonds. The minimum absolute atomic E-state index is 0.217. The van der Waals surface area contributed by atoms with Crippen molar-refractivity contribution in [1.82, 2.24) is 0 Å². The van der Waals surface area contributed by atoms with Crippen LogP contribution in [0.15, 0.2) is 48.5 Å². The maximum Gasteiger partial charge on any atom is 0.248 e. The van der Waals surface area contributed by atoms with Gasteiger partial charge in [-0.3, -0.25) is 4.79 Å². The van der Waals surface area contributed by atoms with E-state index in [0.717, 1.165) is 16.8 Å². The quantitative estimate of drug-likeness (QED) is 0.740. The summed E-state index contributed by atoms with van der Waals surface area (Å²) >= 11 is 0. The van der Waals surface area contributed by atoms with E-state index in [1.807, 2.05) is 43.3 Å². The second kappa shape index (κ2) is 9.49. The predicted molar refractivity (Wildman–Crippen MR) is 99.0 cm³/mol. The van der Waals surface area contributed by atoms with Crippen LogP contribution in [0.25, 0.3) is 6.08 Å². The zero-order chi connectivity index (χ0) is 18.1. The third-order valence-electron chi connectivity index (χ3n) is 3.54. The minimum atomic E-state index is -0.217. The lowest BCUT2D eigenvalue weighted by molar-refractivity contribution is -0.111. The molecule has 0 radical (unpaired) electrons. The monoisotopic (exact) mass is 341 g/mol. The zero-order valence-corrected chi connectivity index (χ0v) is 14.7. The highest BCUT2D eigenvalue weighted by Crippen LogP contribution is 2.23. The maximum absolute atomic E-state index is 12.2. The Morgan fingerprint density at radius 2 is 1.76 bits per heavy atom. The van der Waals surface area contributed by atoms with Gasteiger partial charge in [0.25, 0.3) is 0 Å². The molecule has 0 aliphatic carbocycles. The van der Waals surface area contributed by atoms with Crippen LogP contribution in [0.2, 0.25) is 0 Å². The van der Waals surface area contributed by atoms with Crippen LogP contribution in [0.1, 0.15) is 18.1 Å². The summed E-state index contributed by atoms with van der Waals surface area (Å²) in [6, 6.07) is 13.0. The summed E-state index contributed by atoms with van der Waals surface area (Å²) < 4.78 is 15.9. The second-order valence-electron chi connectivity index (χ2n) is 5.26. The van der Waals surface area contributed by atoms with Gasteiger partial charge in [-0.1, -0.05) is 18.2 Å². The van der Waals surface area contributed by atoms with Gasteiger partial charge in [-0.2, -0.15) is 0 Å². The van der Waals surface area contributed by atoms with Crippen LogP contribution in [-0.2, 0) is 16.1 Å². The van der Waals surface area contributed by atoms with Crippen LogP contribution >= 0.6 is 0 Å². The van der Waals surface area contributed by atoms with Crippen LogP contribution in [0.4, 0.5) is 5.69 Å². The molecular weight excluding hydrogens is 318 g/mol. The molecule has 0 unspecified atom stereocenters. The summed E-state index contributed by atoms with van der Waals surface area (Å²) in [7, 11) is 3.18. The Hall–Kier alpha value is -2.79. The Balaban J connectivity index is 2.09. The van der Waals surface area contributed by atoms with E-state index < -0.39 is 0 Å². The van der Waals surface area contributed by atoms with Gasteiger partial charge in [-0.25, -0.2) is 0 Å². The van der Waals surface area contributed by atoms with Crippen LogP contribution in [0, 0.1) is 0 Å². The number of nitrogens with one attached hydrogen (secondary N) is 1. The number of carbonyl (C=O) groups is 1. The molecule has 132 valence electrons. The smallest absolute Gasteiger partial charge is 0.248 e. The normalized spacial score (nSPS) is 10.7. The van der Waals surface area contributed by atoms with Crippen molar-refractivity contribution in [2.24, 2.45) is 0 Å². The number of hydrogen-bond donors (Lipinski definition) is 1. The molecule has 1 N–H and O–H groups in total. The first-order valence-electron chi connectivity index (χ1n) is 8.04. The molecule has 25 heavy (non-hydrogen) atoms. The van der Waals surface area contributed by atoms with Crippen molar-refractivity contribution < 1.29 is 19.0 Å². The summed E-state index contributed by atoms with van der Waals surface area (Å²) in [4.78, 5) is 12.2. The van der Waals surface area contributed by atoms with Crippen LogP contribution in [0.3, 0.4) is 0 Å². The Morgan fingerprint density at radius 1 is 1.08 bits per heavy atom. The Kier molecular flexibility index (Phi) is 7.04. The van der Waals surface area contributed by atoms with Crippen molar-refractivity contribution in [3.63, 3.8) is 0 Å². The fraction of sp³-hybridized carbons (Fsp3) is 0.250. The number of para-hydroxylation sites is 1. The lowest BCUT2D eigenvalue weighted by Gasteiger charge is -2.09. The van der Waals surface area contributed by atoms with Crippen LogP contribution < -0.4 is 14.8 Å². The standard InChI is InChI=1S/C20H23NO4/c1-4-25-14-16-7-5-6-8-19(16)21-20(22)10-9-15-11-17(23-2)13-18(12-15)24-3/h5-13H,4,14H2,1-3H3,(H,21,22)/b10-9+. The Bertz CT molecular complexity index is 718. The molecule has 0 spiro atoms. The molecule has 0 heterocycles. The van der Waals surface area contributed by atoms with Gasteiger partial charge in [-0.15, -0.1) is 0 Å². The number of methoxy groups -OCH3 is 2. The highest BCUT2D eigenvalue weighted by Gasteiger charge is 2.05. The summed E-state index contributed by atoms with van der Waals surface area (Å²) in [5.74, 6) is 1.12. The number of benzene rings is 2. The summed E-state index contributed by atoms with van der Waals surface area (Å²) in [6.07, 6.45) is 3.19. The maximum atomic E-state index is 12.2. The van der Waals surface area contributed by atoms with E-state index in [1.54, 1.807) is 26.4 Å². The molecule has 2 rings (SSSR count). The van der Waals surface area contributed by atoms with Crippen molar-refractivity contribution in [2.45, 2.75) is 13.5 Å². The van der Waals surface area contributed by atoms with Crippen molar-refractivity contribution in [1.29, 1.82) is 0 Å². The van der Waals surface area contributed by atoms with Gasteiger partial charge < -0.3 is 19.5 Å². The van der Waals surface area contributed by atoms with Crippen molar-refractivity contribution in [3.8, 4) is 11.5 Å². The van der Waals surface area contributed by atoms with Crippen LogP contribution in [-0.4, -0.2) is 26.7 Å². The highest BCUT2D eigenvalue weighted by molar-refractivity contribution is 6.02. The van der Waals surface area contributed by atoms with E-state index in [0.29, 0.717) is 24.7 Å². The number of rotatable bonds is 8. The molecule has 0 saturated heterocycles. The number of anilines is 1. The van der Waals surface area contributed by atoms with Gasteiger partial charge in [0.05, 0.1) is 20.8 Å². The van der Waals surface area contributed by atoms with Gasteiger partial charge in [0.15, 0.2) is 0 Å². The summed E-state index contributed by atoms with van der Waals surface area (Å²) in [5.41, 5.74) is 2.50. The third kappa shape index (κ3) is 5.65. The molecule has 0 fully saturated rings. The molecule has 2 aromatic rings. The second-order valence-corrected chi connectivity index (χ2v) is 5.26. The predicted octanol–water partition coefficient (Wildman–Crippen LogP) is 3.89. The molecule has 0 atom stereocenters. The first-order valence-corrected chi connectivity index (χ1v) is 8.04. The molecule has 0 aromatic heterocycles. The number of carbonyl (C=O) groups excluding carboxylic acids is 1. The molecule has 0 bridgehead atoms. The van der Waals surface area contributed by atoms with Gasteiger partial charge in [-0.05, 0) is 36.8 Å². The molecule has 5 heteroatoms. The van der Waals surface area contributed by atoms with E-state index in [-0.39, 0.29) is 5.91 Å². The minimum Gasteiger partial charge on any atom is -0.497 e. The number of ether oxygens (including phenoxy) is 3. The van der Waals surface area contributed by atoms with Crippen molar-refractivity contribution >= 4 is 17.7 Å². The number of amides is 1. The Labute approximate surface area is 148 Å². The molecule has 0 aliphatic heterocycles. The van der Waals surface area contributed by atoms with Crippen molar-refractivity contribution in [2.75, 3.05) is 26.1 Å². The fourth-order valence-corrected chi connectivity index (χ4v) is 2.25. The average Bonchev–Trinajstić information content (AvgIpc) is 2.65. The van der Waals surface area contributed by atoms with E-state index in [9.17, 15) is 4.79 Å². The summed E-state index contributed by atoms with van der Waals surface area (Å²) in [5, 5.41) is 2.88. The topological polar surface area (TPSA) is 56.8 Å². The third-order valence-corrected chi connectivity index (χ3v) is 3.54. The lowest BCUT2D eigenvalue weighted by Crippen LogP contribution is -2.10. The van der Waals surface area contributed by atoms with Gasteiger partial charge >= 0.3 is 0 Å². The molecule has 5 nitrogen and oxygen atoms in total. The van der Waals surface area contributed by atoms with Gasteiger partial charge in [0, 0.05) is 30.0 Å². The summed E-state index contributed by atoms with van der Waals surface area (Å²) in [6.45, 7) is 3.02. The zero-order valence-electron chi connectivity index (χ0n) is 14.7. The largest absolute Gasteiger partial charge is 0.497 e. The van der Waals surface area contributed by atoms with E-state index in [1.165, 1.54) is 6.08 Å². The molecule has 0 aliphatic rings. The van der Waals surface area contributed by atoms with E-state index >= 15 is 0 Å². The fourth-order valence-electron chi connectivity index (χ4n) is 2.25. The van der Waals surface area contributed by atoms with Crippen LogP contribution in [0.5, 0.6) is 11.5 Å². The SMILES string of the molecule is CCOCc1ccccc1NC(=O)/C=C/c1cc(OC)cc(OC)c1. The molecule has 0 saturated carbocycles. The van der Waals surface area contributed by atoms with E-state index in [2.05, 4.69) is 5.32 Å². The highest BCUT2D eigenvalue weighted by atomic mass is 16.5. The number of hydrogen-bond acceptors (Lipinski definition) is 4. The van der Waals surface area contributed by atoms with Gasteiger partial charge in [0.2, 0.25) is 5.91 Å².